The number of carbonyl (C=O) groups is 1. The van der Waals surface area contributed by atoms with Crippen molar-refractivity contribution in [2.75, 3.05) is 25.4 Å². The Kier molecular flexibility index (Phi) is 8.72. The van der Waals surface area contributed by atoms with Crippen LogP contribution >= 0.6 is 15.9 Å². The fourth-order valence-electron chi connectivity index (χ4n) is 3.90. The van der Waals surface area contributed by atoms with Crippen LogP contribution in [-0.4, -0.2) is 62.7 Å². The molecule has 2 aliphatic rings. The second-order valence-corrected chi connectivity index (χ2v) is 13.2. The molecule has 186 valence electrons. The first-order chi connectivity index (χ1) is 15.4. The summed E-state index contributed by atoms with van der Waals surface area (Å²) >= 11 is 3.50. The maximum atomic E-state index is 12.2. The van der Waals surface area contributed by atoms with E-state index in [2.05, 4.69) is 15.9 Å². The number of amides is 1. The lowest BCUT2D eigenvalue weighted by molar-refractivity contribution is -0.0764. The van der Waals surface area contributed by atoms with Crippen LogP contribution in [0.25, 0.3) is 0 Å². The van der Waals surface area contributed by atoms with Crippen LogP contribution < -0.4 is 4.74 Å². The standard InChI is InChI=1S/C24H36BrNO6S/c1-5-33(28,29)16-18-6-7-22(21(25)12-18)31-20-13-19(14-20)30-15-17-8-10-26(11-9-17)23(27)32-24(2,3)4/h6-7,12,17,19-20H,5,8-11,13-16H2,1-4H3/t19-,20-. The van der Waals surface area contributed by atoms with Crippen LogP contribution in [0.2, 0.25) is 0 Å². The number of benzene rings is 1. The number of halogens is 1. The predicted molar refractivity (Wildman–Crippen MR) is 131 cm³/mol. The number of rotatable bonds is 8. The van der Waals surface area contributed by atoms with E-state index < -0.39 is 15.4 Å². The van der Waals surface area contributed by atoms with Crippen molar-refractivity contribution in [1.82, 2.24) is 4.90 Å². The van der Waals surface area contributed by atoms with Crippen LogP contribution in [0, 0.1) is 5.92 Å². The van der Waals surface area contributed by atoms with Gasteiger partial charge in [0.25, 0.3) is 0 Å². The molecule has 0 unspecified atom stereocenters. The Hall–Kier alpha value is -1.32. The van der Waals surface area contributed by atoms with Gasteiger partial charge in [-0.3, -0.25) is 0 Å². The van der Waals surface area contributed by atoms with Crippen molar-refractivity contribution in [3.05, 3.63) is 28.2 Å². The van der Waals surface area contributed by atoms with Crippen LogP contribution in [0.3, 0.4) is 0 Å². The molecule has 1 aliphatic carbocycles. The number of hydrogen-bond donors (Lipinski definition) is 0. The summed E-state index contributed by atoms with van der Waals surface area (Å²) in [5.41, 5.74) is 0.288. The van der Waals surface area contributed by atoms with Gasteiger partial charge in [-0.1, -0.05) is 13.0 Å². The summed E-state index contributed by atoms with van der Waals surface area (Å²) in [6.45, 7) is 9.44. The molecule has 1 saturated carbocycles. The molecule has 1 aliphatic heterocycles. The van der Waals surface area contributed by atoms with E-state index in [1.54, 1.807) is 11.8 Å². The zero-order valence-electron chi connectivity index (χ0n) is 20.0. The fourth-order valence-corrected chi connectivity index (χ4v) is 5.31. The first-order valence-electron chi connectivity index (χ1n) is 11.7. The summed E-state index contributed by atoms with van der Waals surface area (Å²) in [6.07, 6.45) is 3.62. The molecule has 0 atom stereocenters. The highest BCUT2D eigenvalue weighted by Crippen LogP contribution is 2.34. The lowest BCUT2D eigenvalue weighted by Crippen LogP contribution is -2.43. The zero-order valence-corrected chi connectivity index (χ0v) is 22.4. The Labute approximate surface area is 206 Å². The number of nitrogens with zero attached hydrogens (tertiary/aromatic N) is 1. The molecule has 1 heterocycles. The van der Waals surface area contributed by atoms with E-state index in [9.17, 15) is 13.2 Å². The van der Waals surface area contributed by atoms with Gasteiger partial charge in [0, 0.05) is 38.3 Å². The van der Waals surface area contributed by atoms with Gasteiger partial charge in [0.2, 0.25) is 0 Å². The summed E-state index contributed by atoms with van der Waals surface area (Å²) in [4.78, 5) is 14.0. The van der Waals surface area contributed by atoms with E-state index in [4.69, 9.17) is 14.2 Å². The van der Waals surface area contributed by atoms with Gasteiger partial charge in [0.1, 0.15) is 17.5 Å². The maximum Gasteiger partial charge on any atom is 0.410 e. The summed E-state index contributed by atoms with van der Waals surface area (Å²) in [6, 6.07) is 5.46. The number of sulfone groups is 1. The van der Waals surface area contributed by atoms with Gasteiger partial charge >= 0.3 is 6.09 Å². The SMILES string of the molecule is CCS(=O)(=O)Cc1ccc(O[C@H]2C[C@H](OCC3CCN(C(=O)OC(C)(C)C)CC3)C2)c(Br)c1. The van der Waals surface area contributed by atoms with Crippen LogP contribution in [0.15, 0.2) is 22.7 Å². The third-order valence-corrected chi connectivity index (χ3v) is 8.27. The number of hydrogen-bond acceptors (Lipinski definition) is 6. The minimum Gasteiger partial charge on any atom is -0.489 e. The van der Waals surface area contributed by atoms with Gasteiger partial charge in [-0.05, 0) is 73.2 Å². The van der Waals surface area contributed by atoms with E-state index in [1.807, 2.05) is 39.0 Å². The Morgan fingerprint density at radius 2 is 1.82 bits per heavy atom. The summed E-state index contributed by atoms with van der Waals surface area (Å²) in [5, 5.41) is 0. The smallest absolute Gasteiger partial charge is 0.410 e. The molecule has 1 aromatic rings. The van der Waals surface area contributed by atoms with E-state index >= 15 is 0 Å². The Balaban J connectivity index is 1.34. The summed E-state index contributed by atoms with van der Waals surface area (Å²) in [5.74, 6) is 1.36. The largest absolute Gasteiger partial charge is 0.489 e. The van der Waals surface area contributed by atoms with Crippen LogP contribution in [0.1, 0.15) is 58.9 Å². The fraction of sp³-hybridized carbons (Fsp3) is 0.708. The zero-order chi connectivity index (χ0) is 24.2. The van der Waals surface area contributed by atoms with Crippen molar-refractivity contribution in [3.63, 3.8) is 0 Å². The molecule has 3 rings (SSSR count). The quantitative estimate of drug-likeness (QED) is 0.459. The van der Waals surface area contributed by atoms with Gasteiger partial charge in [-0.2, -0.15) is 0 Å². The van der Waals surface area contributed by atoms with Crippen molar-refractivity contribution < 1.29 is 27.4 Å². The minimum absolute atomic E-state index is 0.0401. The van der Waals surface area contributed by atoms with Crippen molar-refractivity contribution in [3.8, 4) is 5.75 Å². The first-order valence-corrected chi connectivity index (χ1v) is 14.3. The molecule has 9 heteroatoms. The number of carbonyl (C=O) groups excluding carboxylic acids is 1. The topological polar surface area (TPSA) is 82.1 Å². The van der Waals surface area contributed by atoms with Gasteiger partial charge in [-0.15, -0.1) is 0 Å². The highest BCUT2D eigenvalue weighted by molar-refractivity contribution is 9.10. The second-order valence-electron chi connectivity index (χ2n) is 10.0. The van der Waals surface area contributed by atoms with Gasteiger partial charge < -0.3 is 19.1 Å². The van der Waals surface area contributed by atoms with Gasteiger partial charge in [0.15, 0.2) is 9.84 Å². The lowest BCUT2D eigenvalue weighted by Gasteiger charge is -2.37. The third kappa shape index (κ3) is 8.14. The van der Waals surface area contributed by atoms with Crippen molar-refractivity contribution in [2.24, 2.45) is 5.92 Å². The Morgan fingerprint density at radius 3 is 2.39 bits per heavy atom. The van der Waals surface area contributed by atoms with E-state index in [0.29, 0.717) is 25.6 Å². The molecule has 0 spiro atoms. The van der Waals surface area contributed by atoms with Crippen molar-refractivity contribution in [2.45, 2.75) is 76.9 Å². The first kappa shape index (κ1) is 26.3. The molecular formula is C24H36BrNO6S. The van der Waals surface area contributed by atoms with Gasteiger partial charge in [-0.25, -0.2) is 13.2 Å². The van der Waals surface area contributed by atoms with E-state index in [1.165, 1.54) is 0 Å². The van der Waals surface area contributed by atoms with Crippen molar-refractivity contribution >= 4 is 31.9 Å². The average Bonchev–Trinajstić information content (AvgIpc) is 2.70. The molecule has 33 heavy (non-hydrogen) atoms. The molecule has 7 nitrogen and oxygen atoms in total. The highest BCUT2D eigenvalue weighted by Gasteiger charge is 2.33. The van der Waals surface area contributed by atoms with Gasteiger partial charge in [0.05, 0.1) is 16.3 Å². The molecule has 1 aromatic carbocycles. The number of likely N-dealkylation sites (tertiary alicyclic amines) is 1. The molecule has 0 aromatic heterocycles. The van der Waals surface area contributed by atoms with Crippen LogP contribution in [0.4, 0.5) is 4.79 Å². The van der Waals surface area contributed by atoms with Crippen LogP contribution in [0.5, 0.6) is 5.75 Å². The van der Waals surface area contributed by atoms with Crippen molar-refractivity contribution in [1.29, 1.82) is 0 Å². The third-order valence-electron chi connectivity index (χ3n) is 6.00. The Bertz CT molecular complexity index is 915. The molecule has 1 saturated heterocycles. The molecule has 1 amide bonds. The molecule has 0 bridgehead atoms. The minimum atomic E-state index is -3.06. The van der Waals surface area contributed by atoms with E-state index in [-0.39, 0.29) is 29.8 Å². The molecule has 0 N–H and O–H groups in total. The Morgan fingerprint density at radius 1 is 1.15 bits per heavy atom. The average molecular weight is 547 g/mol. The normalized spacial score (nSPS) is 22.0. The monoisotopic (exact) mass is 545 g/mol. The summed E-state index contributed by atoms with van der Waals surface area (Å²) < 4.78 is 42.0. The molecule has 0 radical (unpaired) electrons. The summed E-state index contributed by atoms with van der Waals surface area (Å²) in [7, 11) is -3.06. The molecule has 2 fully saturated rings. The van der Waals surface area contributed by atoms with Crippen LogP contribution in [-0.2, 0) is 25.1 Å². The lowest BCUT2D eigenvalue weighted by atomic mass is 9.91. The maximum absolute atomic E-state index is 12.2. The second kappa shape index (κ2) is 11.0. The number of ether oxygens (including phenoxy) is 3. The molecular weight excluding hydrogens is 510 g/mol. The van der Waals surface area contributed by atoms with E-state index in [0.717, 1.165) is 41.5 Å². The predicted octanol–water partition coefficient (Wildman–Crippen LogP) is 4.96. The number of piperidine rings is 1. The highest BCUT2D eigenvalue weighted by atomic mass is 79.9.